The molecule has 2 aromatic rings. The number of rotatable bonds is 5. The van der Waals surface area contributed by atoms with Gasteiger partial charge in [0.15, 0.2) is 0 Å². The monoisotopic (exact) mass is 355 g/mol. The first-order valence-electron chi connectivity index (χ1n) is 9.61. The first kappa shape index (κ1) is 18.6. The molecule has 0 bridgehead atoms. The predicted molar refractivity (Wildman–Crippen MR) is 105 cm³/mol. The van der Waals surface area contributed by atoms with E-state index in [4.69, 9.17) is 0 Å². The number of amides is 1. The van der Waals surface area contributed by atoms with Gasteiger partial charge in [0.2, 0.25) is 5.91 Å². The Morgan fingerprint density at radius 1 is 1.15 bits per heavy atom. The van der Waals surface area contributed by atoms with E-state index < -0.39 is 0 Å². The fourth-order valence-electron chi connectivity index (χ4n) is 3.55. The van der Waals surface area contributed by atoms with Gasteiger partial charge in [-0.25, -0.2) is 0 Å². The van der Waals surface area contributed by atoms with E-state index in [-0.39, 0.29) is 11.5 Å². The van der Waals surface area contributed by atoms with Gasteiger partial charge in [-0.3, -0.25) is 14.5 Å². The molecule has 1 N–H and O–H groups in total. The molecule has 1 aliphatic rings. The van der Waals surface area contributed by atoms with Crippen molar-refractivity contribution >= 4 is 16.8 Å². The third-order valence-corrected chi connectivity index (χ3v) is 5.08. The van der Waals surface area contributed by atoms with Gasteiger partial charge in [0.1, 0.15) is 0 Å². The summed E-state index contributed by atoms with van der Waals surface area (Å²) < 4.78 is 0. The number of piperazine rings is 1. The molecule has 1 amide bonds. The lowest BCUT2D eigenvalue weighted by Gasteiger charge is -2.35. The van der Waals surface area contributed by atoms with Crippen molar-refractivity contribution in [2.24, 2.45) is 5.92 Å². The normalized spacial score (nSPS) is 15.8. The third-order valence-electron chi connectivity index (χ3n) is 5.08. The molecule has 3 rings (SSSR count). The lowest BCUT2D eigenvalue weighted by molar-refractivity contribution is -0.133. The van der Waals surface area contributed by atoms with Crippen molar-refractivity contribution in [1.82, 2.24) is 14.8 Å². The van der Waals surface area contributed by atoms with E-state index in [1.54, 1.807) is 0 Å². The molecule has 0 atom stereocenters. The van der Waals surface area contributed by atoms with Gasteiger partial charge < -0.3 is 9.88 Å². The Morgan fingerprint density at radius 2 is 1.88 bits per heavy atom. The summed E-state index contributed by atoms with van der Waals surface area (Å²) in [4.78, 5) is 31.6. The number of hydrogen-bond donors (Lipinski definition) is 1. The number of benzene rings is 1. The third kappa shape index (κ3) is 4.33. The summed E-state index contributed by atoms with van der Waals surface area (Å²) in [6.45, 7) is 10.4. The highest BCUT2D eigenvalue weighted by Gasteiger charge is 2.21. The van der Waals surface area contributed by atoms with E-state index in [0.717, 1.165) is 55.6 Å². The summed E-state index contributed by atoms with van der Waals surface area (Å²) >= 11 is 0. The lowest BCUT2D eigenvalue weighted by atomic mass is 10.1. The van der Waals surface area contributed by atoms with E-state index in [1.165, 1.54) is 5.56 Å². The number of aromatic amines is 1. The van der Waals surface area contributed by atoms with Gasteiger partial charge in [0, 0.05) is 50.2 Å². The van der Waals surface area contributed by atoms with Gasteiger partial charge >= 0.3 is 0 Å². The largest absolute Gasteiger partial charge is 0.340 e. The van der Waals surface area contributed by atoms with Crippen molar-refractivity contribution in [3.8, 4) is 0 Å². The molecule has 0 spiro atoms. The van der Waals surface area contributed by atoms with E-state index >= 15 is 0 Å². The number of pyridine rings is 1. The number of nitrogens with zero attached hydrogens (tertiary/aromatic N) is 2. The van der Waals surface area contributed by atoms with Crippen LogP contribution in [-0.2, 0) is 17.8 Å². The van der Waals surface area contributed by atoms with Gasteiger partial charge in [-0.2, -0.15) is 0 Å². The average molecular weight is 355 g/mol. The second-order valence-corrected chi connectivity index (χ2v) is 7.65. The summed E-state index contributed by atoms with van der Waals surface area (Å²) in [7, 11) is 0. The van der Waals surface area contributed by atoms with E-state index in [1.807, 2.05) is 17.9 Å². The minimum Gasteiger partial charge on any atom is -0.340 e. The standard InChI is InChI=1S/C21H29N3O2/c1-4-17-13-18-6-5-16(12-19(18)22-21(17)26)14-23-7-9-24(10-8-23)20(25)11-15(2)3/h5-6,12-13,15H,4,7-11,14H2,1-3H3,(H,22,26). The van der Waals surface area contributed by atoms with Crippen LogP contribution in [0.15, 0.2) is 29.1 Å². The molecule has 2 heterocycles. The van der Waals surface area contributed by atoms with E-state index in [0.29, 0.717) is 12.3 Å². The molecule has 5 heteroatoms. The average Bonchev–Trinajstić information content (AvgIpc) is 2.61. The van der Waals surface area contributed by atoms with E-state index in [2.05, 4.69) is 41.9 Å². The highest BCUT2D eigenvalue weighted by atomic mass is 16.2. The molecule has 140 valence electrons. The van der Waals surface area contributed by atoms with Crippen LogP contribution in [0.3, 0.4) is 0 Å². The SMILES string of the molecule is CCc1cc2ccc(CN3CCN(C(=O)CC(C)C)CC3)cc2[nH]c1=O. The van der Waals surface area contributed by atoms with Gasteiger partial charge in [-0.1, -0.05) is 32.9 Å². The number of fused-ring (bicyclic) bond motifs is 1. The van der Waals surface area contributed by atoms with Gasteiger partial charge in [-0.05, 0) is 35.4 Å². The molecule has 1 aromatic carbocycles. The molecule has 0 radical (unpaired) electrons. The van der Waals surface area contributed by atoms with Crippen molar-refractivity contribution in [2.45, 2.75) is 40.2 Å². The summed E-state index contributed by atoms with van der Waals surface area (Å²) in [5.74, 6) is 0.683. The fraction of sp³-hybridized carbons (Fsp3) is 0.524. The molecule has 26 heavy (non-hydrogen) atoms. The summed E-state index contributed by atoms with van der Waals surface area (Å²) in [5.41, 5.74) is 2.93. The Hall–Kier alpha value is -2.14. The van der Waals surface area contributed by atoms with Crippen molar-refractivity contribution < 1.29 is 4.79 Å². The highest BCUT2D eigenvalue weighted by molar-refractivity contribution is 5.79. The second kappa shape index (κ2) is 8.04. The van der Waals surface area contributed by atoms with Gasteiger partial charge in [0.05, 0.1) is 0 Å². The molecule has 0 unspecified atom stereocenters. The lowest BCUT2D eigenvalue weighted by Crippen LogP contribution is -2.48. The predicted octanol–water partition coefficient (Wildman–Crippen LogP) is 2.78. The maximum atomic E-state index is 12.2. The smallest absolute Gasteiger partial charge is 0.251 e. The summed E-state index contributed by atoms with van der Waals surface area (Å²) in [6, 6.07) is 8.28. The molecule has 1 fully saturated rings. The maximum Gasteiger partial charge on any atom is 0.251 e. The Bertz CT molecular complexity index is 833. The molecule has 0 aliphatic carbocycles. The molecular formula is C21H29N3O2. The van der Waals surface area contributed by atoms with Crippen LogP contribution in [0.1, 0.15) is 38.3 Å². The van der Waals surface area contributed by atoms with Crippen LogP contribution in [-0.4, -0.2) is 46.9 Å². The van der Waals surface area contributed by atoms with Crippen molar-refractivity contribution in [1.29, 1.82) is 0 Å². The number of carbonyl (C=O) groups is 1. The van der Waals surface area contributed by atoms with Crippen LogP contribution < -0.4 is 5.56 Å². The maximum absolute atomic E-state index is 12.2. The van der Waals surface area contributed by atoms with Crippen molar-refractivity contribution in [2.75, 3.05) is 26.2 Å². The molecule has 5 nitrogen and oxygen atoms in total. The number of hydrogen-bond acceptors (Lipinski definition) is 3. The Kier molecular flexibility index (Phi) is 5.77. The van der Waals surface area contributed by atoms with Crippen molar-refractivity contribution in [3.63, 3.8) is 0 Å². The number of aryl methyl sites for hydroxylation is 1. The number of nitrogens with one attached hydrogen (secondary N) is 1. The highest BCUT2D eigenvalue weighted by Crippen LogP contribution is 2.17. The summed E-state index contributed by atoms with van der Waals surface area (Å²) in [6.07, 6.45) is 1.38. The molecule has 1 aromatic heterocycles. The van der Waals surface area contributed by atoms with Crippen molar-refractivity contribution in [3.05, 3.63) is 45.7 Å². The molecular weight excluding hydrogens is 326 g/mol. The second-order valence-electron chi connectivity index (χ2n) is 7.65. The van der Waals surface area contributed by atoms with E-state index in [9.17, 15) is 9.59 Å². The zero-order valence-corrected chi connectivity index (χ0v) is 16.0. The zero-order chi connectivity index (χ0) is 18.7. The van der Waals surface area contributed by atoms with Crippen LogP contribution in [0.5, 0.6) is 0 Å². The number of aromatic nitrogens is 1. The number of H-pyrrole nitrogens is 1. The number of carbonyl (C=O) groups excluding carboxylic acids is 1. The van der Waals surface area contributed by atoms with Gasteiger partial charge in [0.25, 0.3) is 5.56 Å². The van der Waals surface area contributed by atoms with Gasteiger partial charge in [-0.15, -0.1) is 0 Å². The van der Waals surface area contributed by atoms with Crippen LogP contribution in [0.4, 0.5) is 0 Å². The minimum absolute atomic E-state index is 0.00873. The summed E-state index contributed by atoms with van der Waals surface area (Å²) in [5, 5.41) is 1.08. The molecule has 1 saturated heterocycles. The topological polar surface area (TPSA) is 56.4 Å². The van der Waals surface area contributed by atoms with Crippen LogP contribution in [0.2, 0.25) is 0 Å². The minimum atomic E-state index is 0.00873. The quantitative estimate of drug-likeness (QED) is 0.897. The Morgan fingerprint density at radius 3 is 2.54 bits per heavy atom. The zero-order valence-electron chi connectivity index (χ0n) is 16.0. The van der Waals surface area contributed by atoms with Crippen LogP contribution >= 0.6 is 0 Å². The Labute approximate surface area is 155 Å². The fourth-order valence-corrected chi connectivity index (χ4v) is 3.55. The van der Waals surface area contributed by atoms with Crippen LogP contribution in [0, 0.1) is 5.92 Å². The first-order valence-corrected chi connectivity index (χ1v) is 9.61. The van der Waals surface area contributed by atoms with Crippen LogP contribution in [0.25, 0.3) is 10.9 Å². The molecule has 0 saturated carbocycles. The Balaban J connectivity index is 1.63. The molecule has 1 aliphatic heterocycles. The first-order chi connectivity index (χ1) is 12.5.